The van der Waals surface area contributed by atoms with E-state index in [9.17, 15) is 0 Å². The first-order chi connectivity index (χ1) is 9.74. The molecule has 2 N–H and O–H groups in total. The number of hydrogen-bond donors (Lipinski definition) is 1. The summed E-state index contributed by atoms with van der Waals surface area (Å²) in [6.45, 7) is 5.47. The monoisotopic (exact) mass is 269 g/mol. The third kappa shape index (κ3) is 2.85. The third-order valence-corrected chi connectivity index (χ3v) is 4.27. The van der Waals surface area contributed by atoms with Crippen LogP contribution in [0.1, 0.15) is 11.6 Å². The lowest BCUT2D eigenvalue weighted by Gasteiger charge is -2.34. The fraction of sp³-hybridized carbons (Fsp3) is 0.412. The molecule has 3 heteroatoms. The molecule has 1 atom stereocenters. The molecule has 1 fully saturated rings. The molecule has 3 nitrogen and oxygen atoms in total. The van der Waals surface area contributed by atoms with E-state index >= 15 is 0 Å². The van der Waals surface area contributed by atoms with Crippen LogP contribution in [0.3, 0.4) is 0 Å². The Morgan fingerprint density at radius 1 is 1.00 bits per heavy atom. The number of piperazine rings is 1. The van der Waals surface area contributed by atoms with Crippen molar-refractivity contribution in [3.63, 3.8) is 0 Å². The number of fused-ring (bicyclic) bond motifs is 1. The second-order valence-electron chi connectivity index (χ2n) is 5.78. The lowest BCUT2D eigenvalue weighted by Crippen LogP contribution is -2.46. The van der Waals surface area contributed by atoms with Crippen molar-refractivity contribution in [2.24, 2.45) is 5.73 Å². The highest BCUT2D eigenvalue weighted by Gasteiger charge is 2.18. The quantitative estimate of drug-likeness (QED) is 0.926. The van der Waals surface area contributed by atoms with E-state index in [0.29, 0.717) is 0 Å². The summed E-state index contributed by atoms with van der Waals surface area (Å²) in [5.41, 5.74) is 7.74. The molecule has 1 saturated heterocycles. The molecule has 0 amide bonds. The van der Waals surface area contributed by atoms with Gasteiger partial charge in [-0.15, -0.1) is 0 Å². The zero-order valence-electron chi connectivity index (χ0n) is 12.1. The third-order valence-electron chi connectivity index (χ3n) is 4.27. The molecule has 1 unspecified atom stereocenters. The minimum Gasteiger partial charge on any atom is -0.323 e. The summed E-state index contributed by atoms with van der Waals surface area (Å²) in [5, 5.41) is 2.57. The van der Waals surface area contributed by atoms with E-state index in [-0.39, 0.29) is 6.04 Å². The highest BCUT2D eigenvalue weighted by atomic mass is 15.2. The molecule has 20 heavy (non-hydrogen) atoms. The SMILES string of the molecule is CN1CCN(CC(N)c2cccc3ccccc23)CC1. The van der Waals surface area contributed by atoms with Gasteiger partial charge < -0.3 is 10.6 Å². The molecular formula is C17H23N3. The van der Waals surface area contributed by atoms with Gasteiger partial charge in [-0.2, -0.15) is 0 Å². The van der Waals surface area contributed by atoms with Crippen molar-refractivity contribution in [2.75, 3.05) is 39.8 Å². The summed E-state index contributed by atoms with van der Waals surface area (Å²) >= 11 is 0. The maximum atomic E-state index is 6.47. The summed E-state index contributed by atoms with van der Waals surface area (Å²) < 4.78 is 0. The van der Waals surface area contributed by atoms with Crippen molar-refractivity contribution >= 4 is 10.8 Å². The van der Waals surface area contributed by atoms with Gasteiger partial charge >= 0.3 is 0 Å². The molecule has 0 saturated carbocycles. The van der Waals surface area contributed by atoms with Gasteiger partial charge in [-0.1, -0.05) is 42.5 Å². The van der Waals surface area contributed by atoms with Crippen molar-refractivity contribution < 1.29 is 0 Å². The highest BCUT2D eigenvalue weighted by molar-refractivity contribution is 5.86. The predicted octanol–water partition coefficient (Wildman–Crippen LogP) is 2.09. The Morgan fingerprint density at radius 3 is 2.50 bits per heavy atom. The van der Waals surface area contributed by atoms with Crippen LogP contribution in [0, 0.1) is 0 Å². The summed E-state index contributed by atoms with van der Waals surface area (Å²) in [5.74, 6) is 0. The molecular weight excluding hydrogens is 246 g/mol. The first-order valence-electron chi connectivity index (χ1n) is 7.38. The van der Waals surface area contributed by atoms with Crippen molar-refractivity contribution in [1.29, 1.82) is 0 Å². The molecule has 2 aromatic carbocycles. The summed E-state index contributed by atoms with van der Waals surface area (Å²) in [6.07, 6.45) is 0. The molecule has 106 valence electrons. The average Bonchev–Trinajstić information content (AvgIpc) is 2.49. The van der Waals surface area contributed by atoms with E-state index in [1.807, 2.05) is 0 Å². The van der Waals surface area contributed by atoms with Crippen LogP contribution in [-0.4, -0.2) is 49.6 Å². The number of rotatable bonds is 3. The summed E-state index contributed by atoms with van der Waals surface area (Å²) in [6, 6.07) is 15.0. The molecule has 1 aliphatic rings. The van der Waals surface area contributed by atoms with Crippen molar-refractivity contribution in [1.82, 2.24) is 9.80 Å². The van der Waals surface area contributed by atoms with E-state index in [4.69, 9.17) is 5.73 Å². The zero-order valence-corrected chi connectivity index (χ0v) is 12.1. The Balaban J connectivity index is 1.77. The average molecular weight is 269 g/mol. The van der Waals surface area contributed by atoms with Crippen LogP contribution in [0.15, 0.2) is 42.5 Å². The zero-order chi connectivity index (χ0) is 13.9. The fourth-order valence-corrected chi connectivity index (χ4v) is 2.98. The van der Waals surface area contributed by atoms with Crippen molar-refractivity contribution in [2.45, 2.75) is 6.04 Å². The molecule has 0 aromatic heterocycles. The number of nitrogens with two attached hydrogens (primary N) is 1. The number of nitrogens with zero attached hydrogens (tertiary/aromatic N) is 2. The first kappa shape index (κ1) is 13.6. The molecule has 0 bridgehead atoms. The van der Waals surface area contributed by atoms with Gasteiger partial charge in [-0.25, -0.2) is 0 Å². The number of likely N-dealkylation sites (N-methyl/N-ethyl adjacent to an activating group) is 1. The van der Waals surface area contributed by atoms with Gasteiger partial charge in [0.05, 0.1) is 0 Å². The van der Waals surface area contributed by atoms with E-state index < -0.39 is 0 Å². The summed E-state index contributed by atoms with van der Waals surface area (Å²) in [7, 11) is 2.18. The minimum absolute atomic E-state index is 0.0875. The number of benzene rings is 2. The second-order valence-corrected chi connectivity index (χ2v) is 5.78. The van der Waals surface area contributed by atoms with Crippen molar-refractivity contribution in [3.05, 3.63) is 48.0 Å². The van der Waals surface area contributed by atoms with Gasteiger partial charge in [0.2, 0.25) is 0 Å². The second kappa shape index (κ2) is 5.92. The van der Waals surface area contributed by atoms with E-state index in [1.165, 1.54) is 16.3 Å². The van der Waals surface area contributed by atoms with Gasteiger partial charge in [-0.05, 0) is 23.4 Å². The molecule has 0 aliphatic carbocycles. The molecule has 0 spiro atoms. The molecule has 3 rings (SSSR count). The van der Waals surface area contributed by atoms with Crippen LogP contribution in [0.4, 0.5) is 0 Å². The van der Waals surface area contributed by atoms with Gasteiger partial charge in [0.25, 0.3) is 0 Å². The lowest BCUT2D eigenvalue weighted by atomic mass is 9.99. The molecule has 1 aliphatic heterocycles. The minimum atomic E-state index is 0.0875. The van der Waals surface area contributed by atoms with Crippen LogP contribution >= 0.6 is 0 Å². The largest absolute Gasteiger partial charge is 0.323 e. The maximum Gasteiger partial charge on any atom is 0.0430 e. The molecule has 2 aromatic rings. The smallest absolute Gasteiger partial charge is 0.0430 e. The van der Waals surface area contributed by atoms with E-state index in [2.05, 4.69) is 59.3 Å². The Kier molecular flexibility index (Phi) is 4.01. The first-order valence-corrected chi connectivity index (χ1v) is 7.38. The number of hydrogen-bond acceptors (Lipinski definition) is 3. The Bertz CT molecular complexity index is 568. The Labute approximate surface area is 121 Å². The Morgan fingerprint density at radius 2 is 1.70 bits per heavy atom. The van der Waals surface area contributed by atoms with Gasteiger partial charge in [0.1, 0.15) is 0 Å². The van der Waals surface area contributed by atoms with E-state index in [0.717, 1.165) is 32.7 Å². The fourth-order valence-electron chi connectivity index (χ4n) is 2.98. The normalized spacial score (nSPS) is 19.3. The van der Waals surface area contributed by atoms with Gasteiger partial charge in [0, 0.05) is 38.8 Å². The van der Waals surface area contributed by atoms with Gasteiger partial charge in [0.15, 0.2) is 0 Å². The van der Waals surface area contributed by atoms with Crippen LogP contribution in [0.5, 0.6) is 0 Å². The van der Waals surface area contributed by atoms with Crippen LogP contribution < -0.4 is 5.73 Å². The van der Waals surface area contributed by atoms with Crippen LogP contribution in [0.25, 0.3) is 10.8 Å². The maximum absolute atomic E-state index is 6.47. The van der Waals surface area contributed by atoms with Crippen LogP contribution in [-0.2, 0) is 0 Å². The van der Waals surface area contributed by atoms with Crippen molar-refractivity contribution in [3.8, 4) is 0 Å². The lowest BCUT2D eigenvalue weighted by molar-refractivity contribution is 0.147. The summed E-state index contributed by atoms with van der Waals surface area (Å²) in [4.78, 5) is 4.85. The predicted molar refractivity (Wildman–Crippen MR) is 84.8 cm³/mol. The van der Waals surface area contributed by atoms with Gasteiger partial charge in [-0.3, -0.25) is 4.90 Å². The van der Waals surface area contributed by atoms with E-state index in [1.54, 1.807) is 0 Å². The molecule has 1 heterocycles. The highest BCUT2D eigenvalue weighted by Crippen LogP contribution is 2.23. The standard InChI is InChI=1S/C17H23N3/c1-19-9-11-20(12-10-19)13-17(18)16-8-4-6-14-5-2-3-7-15(14)16/h2-8,17H,9-13,18H2,1H3. The Hall–Kier alpha value is -1.42. The van der Waals surface area contributed by atoms with Crippen LogP contribution in [0.2, 0.25) is 0 Å². The topological polar surface area (TPSA) is 32.5 Å². The molecule has 0 radical (unpaired) electrons.